The molecule has 3 aromatic rings. The molecule has 0 aliphatic rings. The lowest BCUT2D eigenvalue weighted by molar-refractivity contribution is 0.450. The number of aryl methyl sites for hydroxylation is 1. The second-order valence-corrected chi connectivity index (χ2v) is 10.0. The molecule has 0 unspecified atom stereocenters. The molecule has 0 fully saturated rings. The third-order valence-corrected chi connectivity index (χ3v) is 8.27. The summed E-state index contributed by atoms with van der Waals surface area (Å²) in [6.07, 6.45) is 0. The molecule has 4 nitrogen and oxygen atoms in total. The van der Waals surface area contributed by atoms with Crippen LogP contribution in [0.4, 0.5) is 4.39 Å². The normalized spacial score (nSPS) is 14.9. The van der Waals surface area contributed by atoms with E-state index in [1.165, 1.54) is 36.4 Å². The van der Waals surface area contributed by atoms with Crippen LogP contribution in [0, 0.1) is 6.92 Å². The minimum Gasteiger partial charge on any atom is -0.240 e. The molecule has 3 rings (SSSR count). The fourth-order valence-corrected chi connectivity index (χ4v) is 6.45. The smallest absolute Gasteiger partial charge is 0.240 e. The van der Waals surface area contributed by atoms with Crippen LogP contribution in [-0.4, -0.2) is 12.6 Å². The van der Waals surface area contributed by atoms with Crippen LogP contribution >= 0.6 is 0 Å². The maximum absolute atomic E-state index is 15.3. The lowest BCUT2D eigenvalue weighted by Crippen LogP contribution is -2.13. The predicted octanol–water partition coefficient (Wildman–Crippen LogP) is 4.88. The predicted molar refractivity (Wildman–Crippen MR) is 104 cm³/mol. The quantitative estimate of drug-likeness (QED) is 0.610. The van der Waals surface area contributed by atoms with Crippen molar-refractivity contribution in [3.05, 3.63) is 96.1 Å². The molecule has 0 amide bonds. The number of halogens is 1. The maximum Gasteiger partial charge on any atom is 0.290 e. The summed E-state index contributed by atoms with van der Waals surface area (Å²) in [5.41, 5.74) is -1.12. The Hall–Kier alpha value is -2.51. The van der Waals surface area contributed by atoms with Crippen LogP contribution in [0.25, 0.3) is 0 Å². The lowest BCUT2D eigenvalue weighted by Gasteiger charge is -2.15. The van der Waals surface area contributed by atoms with E-state index in [1.54, 1.807) is 48.5 Å². The van der Waals surface area contributed by atoms with Gasteiger partial charge in [0.25, 0.3) is 10.0 Å². The van der Waals surface area contributed by atoms with Crippen LogP contribution in [0.5, 0.6) is 0 Å². The van der Waals surface area contributed by atoms with Gasteiger partial charge in [-0.2, -0.15) is 8.42 Å². The summed E-state index contributed by atoms with van der Waals surface area (Å²) in [5.74, 6) is 0. The largest absolute Gasteiger partial charge is 0.290 e. The van der Waals surface area contributed by atoms with Gasteiger partial charge >= 0.3 is 0 Å². The van der Waals surface area contributed by atoms with E-state index in [4.69, 9.17) is 0 Å². The molecule has 0 heterocycles. The zero-order chi connectivity index (χ0) is 19.5. The van der Waals surface area contributed by atoms with Crippen LogP contribution in [0.15, 0.2) is 98.5 Å². The Morgan fingerprint density at radius 2 is 1.26 bits per heavy atom. The molecule has 0 saturated heterocycles. The third kappa shape index (κ3) is 4.09. The Morgan fingerprint density at radius 1 is 0.741 bits per heavy atom. The van der Waals surface area contributed by atoms with Gasteiger partial charge < -0.3 is 0 Å². The molecular weight excluding hydrogens is 385 g/mol. The van der Waals surface area contributed by atoms with E-state index in [9.17, 15) is 12.6 Å². The van der Waals surface area contributed by atoms with Crippen LogP contribution in [-0.2, 0) is 19.8 Å². The minimum absolute atomic E-state index is 0.0250. The Kier molecular flexibility index (Phi) is 5.43. The van der Waals surface area contributed by atoms with Gasteiger partial charge in [-0.15, -0.1) is 0 Å². The minimum atomic E-state index is -4.33. The van der Waals surface area contributed by atoms with Gasteiger partial charge in [0.05, 0.1) is 9.79 Å². The van der Waals surface area contributed by atoms with Crippen molar-refractivity contribution in [3.8, 4) is 0 Å². The summed E-state index contributed by atoms with van der Waals surface area (Å²) in [4.78, 5) is -0.103. The van der Waals surface area contributed by atoms with E-state index in [0.717, 1.165) is 5.56 Å². The first-order chi connectivity index (χ1) is 12.8. The van der Waals surface area contributed by atoms with Crippen molar-refractivity contribution in [1.82, 2.24) is 0 Å². The summed E-state index contributed by atoms with van der Waals surface area (Å²) >= 11 is 0. The molecule has 7 heteroatoms. The lowest BCUT2D eigenvalue weighted by atomic mass is 10.2. The summed E-state index contributed by atoms with van der Waals surface area (Å²) in [7, 11) is -8.27. The first kappa shape index (κ1) is 19.3. The van der Waals surface area contributed by atoms with Crippen molar-refractivity contribution in [2.45, 2.75) is 22.2 Å². The summed E-state index contributed by atoms with van der Waals surface area (Å²) in [5, 5.41) is 0. The summed E-state index contributed by atoms with van der Waals surface area (Å²) < 4.78 is 58.1. The SMILES string of the molecule is Cc1ccc(S(=O)(=O)N=[S@](=O)(c2ccccc2)[C@@H](F)c2ccccc2)cc1. The molecule has 3 aromatic carbocycles. The van der Waals surface area contributed by atoms with Crippen molar-refractivity contribution in [2.75, 3.05) is 0 Å². The van der Waals surface area contributed by atoms with Crippen LogP contribution in [0.2, 0.25) is 0 Å². The second kappa shape index (κ2) is 7.62. The molecule has 0 spiro atoms. The highest BCUT2D eigenvalue weighted by molar-refractivity contribution is 8.03. The Balaban J connectivity index is 2.23. The van der Waals surface area contributed by atoms with Crippen molar-refractivity contribution in [1.29, 1.82) is 0 Å². The number of hydrogen-bond donors (Lipinski definition) is 0. The molecule has 0 saturated carbocycles. The van der Waals surface area contributed by atoms with E-state index < -0.39 is 25.3 Å². The highest BCUT2D eigenvalue weighted by Gasteiger charge is 2.30. The fraction of sp³-hybridized carbons (Fsp3) is 0.100. The topological polar surface area (TPSA) is 63.6 Å². The molecule has 0 aliphatic carbocycles. The fourth-order valence-electron chi connectivity index (χ4n) is 2.50. The molecule has 0 N–H and O–H groups in total. The molecule has 0 radical (unpaired) electrons. The zero-order valence-corrected chi connectivity index (χ0v) is 16.2. The van der Waals surface area contributed by atoms with Gasteiger partial charge in [0.2, 0.25) is 5.50 Å². The van der Waals surface area contributed by atoms with Crippen LogP contribution in [0.3, 0.4) is 0 Å². The Labute approximate surface area is 158 Å². The van der Waals surface area contributed by atoms with Gasteiger partial charge in [-0.05, 0) is 36.8 Å². The third-order valence-electron chi connectivity index (χ3n) is 3.95. The molecular formula is C20H18FNO3S2. The Morgan fingerprint density at radius 3 is 1.81 bits per heavy atom. The van der Waals surface area contributed by atoms with Gasteiger partial charge in [-0.25, -0.2) is 8.60 Å². The number of sulfonamides is 1. The van der Waals surface area contributed by atoms with Crippen molar-refractivity contribution >= 4 is 19.8 Å². The molecule has 0 bridgehead atoms. The first-order valence-electron chi connectivity index (χ1n) is 8.16. The highest BCUT2D eigenvalue weighted by atomic mass is 32.3. The average Bonchev–Trinajstić information content (AvgIpc) is 2.68. The van der Waals surface area contributed by atoms with Crippen molar-refractivity contribution in [2.24, 2.45) is 3.77 Å². The molecule has 0 aromatic heterocycles. The van der Waals surface area contributed by atoms with Crippen LogP contribution in [0.1, 0.15) is 16.6 Å². The van der Waals surface area contributed by atoms with Gasteiger partial charge in [0, 0.05) is 0 Å². The van der Waals surface area contributed by atoms with Gasteiger partial charge in [-0.1, -0.05) is 70.0 Å². The van der Waals surface area contributed by atoms with E-state index in [-0.39, 0.29) is 15.4 Å². The van der Waals surface area contributed by atoms with Gasteiger partial charge in [0.1, 0.15) is 9.73 Å². The molecule has 0 aliphatic heterocycles. The average molecular weight is 404 g/mol. The van der Waals surface area contributed by atoms with Crippen molar-refractivity contribution < 1.29 is 17.0 Å². The zero-order valence-electron chi connectivity index (χ0n) is 14.5. The number of hydrogen-bond acceptors (Lipinski definition) is 3. The van der Waals surface area contributed by atoms with Crippen molar-refractivity contribution in [3.63, 3.8) is 0 Å². The summed E-state index contributed by atoms with van der Waals surface area (Å²) in [6.45, 7) is 1.81. The van der Waals surface area contributed by atoms with E-state index in [2.05, 4.69) is 3.77 Å². The first-order valence-corrected chi connectivity index (χ1v) is 11.2. The van der Waals surface area contributed by atoms with Gasteiger partial charge in [0.15, 0.2) is 0 Å². The Bertz CT molecular complexity index is 1140. The highest BCUT2D eigenvalue weighted by Crippen LogP contribution is 2.34. The standard InChI is InChI=1S/C20H18FNO3S2/c1-16-12-14-19(15-13-16)27(24,25)22-26(23,18-10-6-3-7-11-18)20(21)17-8-4-2-5-9-17/h2-15,20H,1H3/t20-,26+/m1/s1. The maximum atomic E-state index is 15.3. The number of benzene rings is 3. The second-order valence-electron chi connectivity index (χ2n) is 5.97. The van der Waals surface area contributed by atoms with E-state index in [1.807, 2.05) is 6.92 Å². The molecule has 140 valence electrons. The number of alkyl halides is 1. The molecule has 2 atom stereocenters. The van der Waals surface area contributed by atoms with E-state index >= 15 is 4.39 Å². The molecule has 27 heavy (non-hydrogen) atoms. The monoisotopic (exact) mass is 403 g/mol. The van der Waals surface area contributed by atoms with Gasteiger partial charge in [-0.3, -0.25) is 0 Å². The van der Waals surface area contributed by atoms with E-state index in [0.29, 0.717) is 0 Å². The summed E-state index contributed by atoms with van der Waals surface area (Å²) in [6, 6.07) is 21.4. The number of rotatable bonds is 5. The van der Waals surface area contributed by atoms with Crippen LogP contribution < -0.4 is 0 Å². The number of nitrogens with zero attached hydrogens (tertiary/aromatic N) is 1.